The van der Waals surface area contributed by atoms with E-state index in [4.69, 9.17) is 9.47 Å². The average Bonchev–Trinajstić information content (AvgIpc) is 2.37. The summed E-state index contributed by atoms with van der Waals surface area (Å²) in [7, 11) is 0. The molecule has 0 saturated heterocycles. The van der Waals surface area contributed by atoms with Gasteiger partial charge in [0, 0.05) is 6.07 Å². The molecule has 0 aliphatic carbocycles. The van der Waals surface area contributed by atoms with E-state index in [9.17, 15) is 19.7 Å². The van der Waals surface area contributed by atoms with Gasteiger partial charge in [0.05, 0.1) is 4.92 Å². The number of amides is 2. The van der Waals surface area contributed by atoms with Gasteiger partial charge in [-0.3, -0.25) is 10.1 Å². The Morgan fingerprint density at radius 2 is 1.46 bits per heavy atom. The van der Waals surface area contributed by atoms with Crippen LogP contribution in [0.25, 0.3) is 0 Å². The zero-order chi connectivity index (χ0) is 20.4. The second-order valence-corrected chi connectivity index (χ2v) is 7.79. The summed E-state index contributed by atoms with van der Waals surface area (Å²) in [5, 5.41) is 11.1. The van der Waals surface area contributed by atoms with Gasteiger partial charge in [0.1, 0.15) is 16.9 Å². The van der Waals surface area contributed by atoms with E-state index in [-0.39, 0.29) is 22.8 Å². The number of aryl methyl sites for hydroxylation is 2. The number of ether oxygens (including phenoxy) is 2. The van der Waals surface area contributed by atoms with Crippen LogP contribution in [0.2, 0.25) is 0 Å². The molecule has 144 valence electrons. The second-order valence-electron chi connectivity index (χ2n) is 7.79. The molecule has 0 bridgehead atoms. The Morgan fingerprint density at radius 3 is 1.81 bits per heavy atom. The van der Waals surface area contributed by atoms with Crippen LogP contribution in [0.3, 0.4) is 0 Å². The second kappa shape index (κ2) is 7.27. The van der Waals surface area contributed by atoms with Gasteiger partial charge in [-0.2, -0.15) is 4.90 Å². The fourth-order valence-corrected chi connectivity index (χ4v) is 1.95. The Kier molecular flexibility index (Phi) is 5.96. The number of pyridine rings is 1. The Bertz CT molecular complexity index is 703. The summed E-state index contributed by atoms with van der Waals surface area (Å²) in [5.41, 5.74) is -1.60. The highest BCUT2D eigenvalue weighted by Gasteiger charge is 2.35. The van der Waals surface area contributed by atoms with Crippen molar-refractivity contribution in [3.8, 4) is 0 Å². The number of carbonyl (C=O) groups excluding carboxylic acids is 2. The Labute approximate surface area is 152 Å². The molecule has 0 saturated carbocycles. The molecule has 0 unspecified atom stereocenters. The van der Waals surface area contributed by atoms with E-state index < -0.39 is 28.3 Å². The molecule has 1 heterocycles. The van der Waals surface area contributed by atoms with E-state index in [1.807, 2.05) is 0 Å². The normalized spacial score (nSPS) is 11.7. The van der Waals surface area contributed by atoms with Crippen LogP contribution in [-0.2, 0) is 9.47 Å². The quantitative estimate of drug-likeness (QED) is 0.566. The molecular weight excluding hydrogens is 342 g/mol. The number of hydrogen-bond donors (Lipinski definition) is 0. The smallest absolute Gasteiger partial charge is 0.425 e. The van der Waals surface area contributed by atoms with Gasteiger partial charge in [-0.25, -0.2) is 14.6 Å². The molecule has 2 amide bonds. The van der Waals surface area contributed by atoms with Gasteiger partial charge in [-0.05, 0) is 61.0 Å². The van der Waals surface area contributed by atoms with Gasteiger partial charge in [0.2, 0.25) is 0 Å². The van der Waals surface area contributed by atoms with Gasteiger partial charge in [0.15, 0.2) is 5.82 Å². The molecule has 0 fully saturated rings. The Hall–Kier alpha value is -2.71. The van der Waals surface area contributed by atoms with Gasteiger partial charge >= 0.3 is 12.2 Å². The number of hydrogen-bond acceptors (Lipinski definition) is 7. The summed E-state index contributed by atoms with van der Waals surface area (Å²) in [4.78, 5) is 40.4. The molecule has 0 aliphatic rings. The highest BCUT2D eigenvalue weighted by Crippen LogP contribution is 2.28. The number of nitro groups is 1. The van der Waals surface area contributed by atoms with Gasteiger partial charge < -0.3 is 9.47 Å². The van der Waals surface area contributed by atoms with Crippen molar-refractivity contribution in [3.05, 3.63) is 27.4 Å². The first-order valence-corrected chi connectivity index (χ1v) is 8.01. The predicted octanol–water partition coefficient (Wildman–Crippen LogP) is 4.28. The molecule has 9 heteroatoms. The lowest BCUT2D eigenvalue weighted by Crippen LogP contribution is -2.44. The monoisotopic (exact) mass is 367 g/mol. The average molecular weight is 367 g/mol. The van der Waals surface area contributed by atoms with Crippen LogP contribution in [0.1, 0.15) is 52.8 Å². The molecule has 0 aliphatic heterocycles. The summed E-state index contributed by atoms with van der Waals surface area (Å²) in [6, 6.07) is 1.25. The van der Waals surface area contributed by atoms with Crippen molar-refractivity contribution in [2.24, 2.45) is 0 Å². The number of nitrogens with zero attached hydrogens (tertiary/aromatic N) is 3. The summed E-state index contributed by atoms with van der Waals surface area (Å²) in [5.74, 6) is -0.0726. The largest absolute Gasteiger partial charge is 0.443 e. The Morgan fingerprint density at radius 1 is 1.04 bits per heavy atom. The van der Waals surface area contributed by atoms with Gasteiger partial charge in [-0.1, -0.05) is 0 Å². The van der Waals surface area contributed by atoms with Crippen molar-refractivity contribution in [2.45, 2.75) is 66.6 Å². The van der Waals surface area contributed by atoms with Crippen molar-refractivity contribution in [1.29, 1.82) is 0 Å². The van der Waals surface area contributed by atoms with Crippen LogP contribution in [0, 0.1) is 24.0 Å². The first kappa shape index (κ1) is 21.3. The maximum atomic E-state index is 12.6. The molecule has 0 spiro atoms. The van der Waals surface area contributed by atoms with Crippen molar-refractivity contribution < 1.29 is 24.0 Å². The van der Waals surface area contributed by atoms with Crippen LogP contribution < -0.4 is 4.90 Å². The minimum absolute atomic E-state index is 0.0627. The molecule has 0 aromatic carbocycles. The number of anilines is 1. The summed E-state index contributed by atoms with van der Waals surface area (Å²) in [6.45, 7) is 12.8. The molecule has 0 radical (unpaired) electrons. The van der Waals surface area contributed by atoms with Gasteiger partial charge in [0.25, 0.3) is 5.69 Å². The van der Waals surface area contributed by atoms with Crippen LogP contribution in [-0.4, -0.2) is 33.3 Å². The van der Waals surface area contributed by atoms with Crippen LogP contribution in [0.15, 0.2) is 6.07 Å². The first-order chi connectivity index (χ1) is 11.6. The van der Waals surface area contributed by atoms with E-state index in [1.54, 1.807) is 41.5 Å². The molecule has 0 atom stereocenters. The van der Waals surface area contributed by atoms with E-state index in [0.29, 0.717) is 4.90 Å². The van der Waals surface area contributed by atoms with Crippen LogP contribution in [0.4, 0.5) is 21.1 Å². The highest BCUT2D eigenvalue weighted by molar-refractivity contribution is 6.09. The molecule has 1 rings (SSSR count). The maximum absolute atomic E-state index is 12.6. The topological polar surface area (TPSA) is 112 Å². The maximum Gasteiger partial charge on any atom is 0.425 e. The van der Waals surface area contributed by atoms with E-state index in [1.165, 1.54) is 19.9 Å². The Balaban J connectivity index is 3.45. The summed E-state index contributed by atoms with van der Waals surface area (Å²) >= 11 is 0. The minimum Gasteiger partial charge on any atom is -0.443 e. The molecule has 1 aromatic rings. The van der Waals surface area contributed by atoms with Crippen LogP contribution in [0.5, 0.6) is 0 Å². The van der Waals surface area contributed by atoms with Crippen molar-refractivity contribution in [1.82, 2.24) is 4.98 Å². The molecule has 9 nitrogen and oxygen atoms in total. The van der Waals surface area contributed by atoms with Crippen LogP contribution >= 0.6 is 0 Å². The summed E-state index contributed by atoms with van der Waals surface area (Å²) < 4.78 is 10.5. The standard InChI is InChI=1S/C17H25N3O6/c1-10-9-12(20(23)24)11(2)18-13(10)19(14(21)25-16(3,4)5)15(22)26-17(6,7)8/h9H,1-8H3. The predicted molar refractivity (Wildman–Crippen MR) is 95.3 cm³/mol. The molecule has 0 N–H and O–H groups in total. The SMILES string of the molecule is Cc1cc([N+](=O)[O-])c(C)nc1N(C(=O)OC(C)(C)C)C(=O)OC(C)(C)C. The molecule has 1 aromatic heterocycles. The lowest BCUT2D eigenvalue weighted by atomic mass is 10.2. The van der Waals surface area contributed by atoms with Gasteiger partial charge in [-0.15, -0.1) is 0 Å². The zero-order valence-corrected chi connectivity index (χ0v) is 16.4. The lowest BCUT2D eigenvalue weighted by molar-refractivity contribution is -0.385. The number of aromatic nitrogens is 1. The van der Waals surface area contributed by atoms with E-state index in [2.05, 4.69) is 4.98 Å². The lowest BCUT2D eigenvalue weighted by Gasteiger charge is -2.28. The summed E-state index contributed by atoms with van der Waals surface area (Å²) in [6.07, 6.45) is -1.95. The number of carbonyl (C=O) groups is 2. The first-order valence-electron chi connectivity index (χ1n) is 8.01. The number of rotatable bonds is 2. The van der Waals surface area contributed by atoms with Crippen molar-refractivity contribution >= 4 is 23.7 Å². The van der Waals surface area contributed by atoms with Crippen molar-refractivity contribution in [2.75, 3.05) is 4.90 Å². The van der Waals surface area contributed by atoms with Crippen molar-refractivity contribution in [3.63, 3.8) is 0 Å². The molecule has 26 heavy (non-hydrogen) atoms. The van der Waals surface area contributed by atoms with E-state index >= 15 is 0 Å². The molecular formula is C17H25N3O6. The van der Waals surface area contributed by atoms with E-state index in [0.717, 1.165) is 0 Å². The number of imide groups is 1. The third kappa shape index (κ3) is 5.68. The fraction of sp³-hybridized carbons (Fsp3) is 0.588. The highest BCUT2D eigenvalue weighted by atomic mass is 16.6. The third-order valence-electron chi connectivity index (χ3n) is 2.91. The minimum atomic E-state index is -0.976. The zero-order valence-electron chi connectivity index (χ0n) is 16.4. The fourth-order valence-electron chi connectivity index (χ4n) is 1.95. The third-order valence-corrected chi connectivity index (χ3v) is 2.91.